The summed E-state index contributed by atoms with van der Waals surface area (Å²) in [4.78, 5) is 25.8. The minimum Gasteiger partial charge on any atom is -0.444 e. The fraction of sp³-hybridized carbons (Fsp3) is 0.458. The Hall–Kier alpha value is -2.41. The summed E-state index contributed by atoms with van der Waals surface area (Å²) in [6.07, 6.45) is 2.95. The van der Waals surface area contributed by atoms with Gasteiger partial charge in [-0.1, -0.05) is 30.3 Å². The van der Waals surface area contributed by atoms with E-state index in [0.29, 0.717) is 39.2 Å². The van der Waals surface area contributed by atoms with E-state index in [2.05, 4.69) is 14.9 Å². The number of fused-ring (bicyclic) bond motifs is 3. The zero-order chi connectivity index (χ0) is 25.0. The highest BCUT2D eigenvalue weighted by atomic mass is 127. The molecule has 11 heteroatoms. The van der Waals surface area contributed by atoms with Gasteiger partial charge in [0.25, 0.3) is 0 Å². The molecule has 4 heterocycles. The monoisotopic (exact) mass is 609 g/mol. The highest BCUT2D eigenvalue weighted by molar-refractivity contribution is 14.1. The lowest BCUT2D eigenvalue weighted by molar-refractivity contribution is 0.0123. The number of hydrogen-bond acceptors (Lipinski definition) is 7. The fourth-order valence-corrected chi connectivity index (χ4v) is 7.91. The summed E-state index contributed by atoms with van der Waals surface area (Å²) < 4.78 is 34.2. The van der Waals surface area contributed by atoms with Crippen LogP contribution in [0.1, 0.15) is 39.2 Å². The fourth-order valence-electron chi connectivity index (χ4n) is 5.00. The molecule has 3 aromatic rings. The third kappa shape index (κ3) is 4.72. The van der Waals surface area contributed by atoms with Crippen molar-refractivity contribution in [3.63, 3.8) is 0 Å². The molecule has 0 saturated carbocycles. The molecule has 0 spiro atoms. The van der Waals surface area contributed by atoms with Gasteiger partial charge in [-0.2, -0.15) is 0 Å². The third-order valence-corrected chi connectivity index (χ3v) is 9.09. The summed E-state index contributed by atoms with van der Waals surface area (Å²) in [5.74, 6) is 0.577. The second-order valence-corrected chi connectivity index (χ2v) is 13.0. The first kappa shape index (κ1) is 24.3. The lowest BCUT2D eigenvalue weighted by atomic mass is 10.1. The molecule has 2 saturated heterocycles. The van der Waals surface area contributed by atoms with E-state index < -0.39 is 15.6 Å². The Balaban J connectivity index is 1.45. The number of aromatic nitrogens is 3. The van der Waals surface area contributed by atoms with Crippen LogP contribution in [0.4, 0.5) is 10.6 Å². The number of nitrogens with zero attached hydrogens (tertiary/aromatic N) is 5. The van der Waals surface area contributed by atoms with Crippen LogP contribution in [0.15, 0.2) is 42.7 Å². The molecule has 35 heavy (non-hydrogen) atoms. The van der Waals surface area contributed by atoms with Crippen LogP contribution in [0.25, 0.3) is 11.0 Å². The van der Waals surface area contributed by atoms with E-state index in [4.69, 9.17) is 4.74 Å². The number of anilines is 1. The molecule has 2 aromatic heterocycles. The molecule has 186 valence electrons. The van der Waals surface area contributed by atoms with Gasteiger partial charge in [-0.25, -0.2) is 27.2 Å². The van der Waals surface area contributed by atoms with Crippen LogP contribution in [0, 0.1) is 3.70 Å². The molecule has 1 aromatic carbocycles. The first-order valence-electron chi connectivity index (χ1n) is 11.6. The Labute approximate surface area is 218 Å². The number of amides is 1. The molecular formula is C24H28IN5O4S. The largest absolute Gasteiger partial charge is 0.444 e. The van der Waals surface area contributed by atoms with E-state index in [-0.39, 0.29) is 23.9 Å². The van der Waals surface area contributed by atoms with E-state index >= 15 is 0 Å². The molecule has 2 aliphatic heterocycles. The molecule has 5 rings (SSSR count). The number of ether oxygens (including phenoxy) is 1. The lowest BCUT2D eigenvalue weighted by Gasteiger charge is -2.41. The van der Waals surface area contributed by atoms with Gasteiger partial charge in [-0.05, 0) is 67.8 Å². The number of carbonyl (C=O) groups excluding carboxylic acids is 1. The van der Waals surface area contributed by atoms with Gasteiger partial charge in [0.15, 0.2) is 5.65 Å². The summed E-state index contributed by atoms with van der Waals surface area (Å²) in [6.45, 7) is 6.84. The number of piperazine rings is 1. The molecule has 0 N–H and O–H groups in total. The molecule has 1 amide bonds. The summed E-state index contributed by atoms with van der Waals surface area (Å²) in [7, 11) is -3.69. The number of benzene rings is 1. The molecular weight excluding hydrogens is 581 g/mol. The first-order valence-corrected chi connectivity index (χ1v) is 14.3. The molecule has 0 aliphatic carbocycles. The summed E-state index contributed by atoms with van der Waals surface area (Å²) in [5, 5.41) is 0.693. The van der Waals surface area contributed by atoms with Crippen molar-refractivity contribution in [3.05, 3.63) is 52.0 Å². The predicted octanol–water partition coefficient (Wildman–Crippen LogP) is 4.00. The maximum absolute atomic E-state index is 13.4. The van der Waals surface area contributed by atoms with Gasteiger partial charge in [0.2, 0.25) is 10.0 Å². The SMILES string of the molecule is CC(C)(C)OC(=O)N1C2CCC1CN(c1ncnc3c1cc(I)n3S(=O)(=O)Cc1ccccc1)C2. The van der Waals surface area contributed by atoms with Crippen LogP contribution >= 0.6 is 22.6 Å². The molecule has 2 atom stereocenters. The normalized spacial score (nSPS) is 20.5. The Morgan fingerprint density at radius 3 is 2.40 bits per heavy atom. The highest BCUT2D eigenvalue weighted by Crippen LogP contribution is 2.36. The maximum Gasteiger partial charge on any atom is 0.410 e. The number of rotatable bonds is 4. The quantitative estimate of drug-likeness (QED) is 0.413. The minimum atomic E-state index is -3.69. The van der Waals surface area contributed by atoms with Crippen LogP contribution in [-0.2, 0) is 20.5 Å². The van der Waals surface area contributed by atoms with Gasteiger partial charge >= 0.3 is 6.09 Å². The molecule has 2 aliphatic rings. The number of halogens is 1. The second kappa shape index (κ2) is 8.91. The van der Waals surface area contributed by atoms with Crippen LogP contribution in [-0.4, -0.2) is 64.1 Å². The van der Waals surface area contributed by atoms with Gasteiger partial charge in [0.05, 0.1) is 26.9 Å². The summed E-state index contributed by atoms with van der Waals surface area (Å²) in [5.41, 5.74) is 0.545. The van der Waals surface area contributed by atoms with Crippen molar-refractivity contribution < 1.29 is 17.9 Å². The predicted molar refractivity (Wildman–Crippen MR) is 142 cm³/mol. The van der Waals surface area contributed by atoms with Crippen molar-refractivity contribution in [3.8, 4) is 0 Å². The van der Waals surface area contributed by atoms with Crippen molar-refractivity contribution >= 4 is 55.6 Å². The Morgan fingerprint density at radius 2 is 1.77 bits per heavy atom. The van der Waals surface area contributed by atoms with E-state index in [0.717, 1.165) is 12.8 Å². The van der Waals surface area contributed by atoms with Crippen LogP contribution < -0.4 is 4.90 Å². The zero-order valence-electron chi connectivity index (χ0n) is 19.9. The molecule has 0 radical (unpaired) electrons. The lowest BCUT2D eigenvalue weighted by Crippen LogP contribution is -2.57. The number of hydrogen-bond donors (Lipinski definition) is 0. The first-order chi connectivity index (χ1) is 16.5. The van der Waals surface area contributed by atoms with Crippen LogP contribution in [0.3, 0.4) is 0 Å². The average Bonchev–Trinajstić information content (AvgIpc) is 3.25. The maximum atomic E-state index is 13.4. The van der Waals surface area contributed by atoms with Gasteiger partial charge in [0.1, 0.15) is 17.7 Å². The van der Waals surface area contributed by atoms with E-state index in [9.17, 15) is 13.2 Å². The van der Waals surface area contributed by atoms with Gasteiger partial charge < -0.3 is 9.64 Å². The van der Waals surface area contributed by atoms with Gasteiger partial charge in [-0.3, -0.25) is 4.90 Å². The van der Waals surface area contributed by atoms with Crippen LogP contribution in [0.5, 0.6) is 0 Å². The van der Waals surface area contributed by atoms with Crippen molar-refractivity contribution in [2.75, 3.05) is 18.0 Å². The van der Waals surface area contributed by atoms with Crippen molar-refractivity contribution in [1.82, 2.24) is 18.8 Å². The summed E-state index contributed by atoms with van der Waals surface area (Å²) in [6, 6.07) is 11.0. The molecule has 9 nitrogen and oxygen atoms in total. The minimum absolute atomic E-state index is 0.0246. The zero-order valence-corrected chi connectivity index (χ0v) is 22.9. The Morgan fingerprint density at radius 1 is 1.11 bits per heavy atom. The van der Waals surface area contributed by atoms with Crippen molar-refractivity contribution in [2.24, 2.45) is 0 Å². The Kier molecular flexibility index (Phi) is 6.19. The van der Waals surface area contributed by atoms with E-state index in [1.54, 1.807) is 12.1 Å². The standard InChI is InChI=1S/C24H28IN5O4S/c1-24(2,3)34-23(31)29-17-9-10-18(29)13-28(12-17)21-19-11-20(25)30(22(19)27-15-26-21)35(32,33)14-16-7-5-4-6-8-16/h4-8,11,15,17-18H,9-10,12-14H2,1-3H3. The molecule has 2 unspecified atom stereocenters. The van der Waals surface area contributed by atoms with E-state index in [1.165, 1.54) is 10.3 Å². The van der Waals surface area contributed by atoms with Gasteiger partial charge in [-0.15, -0.1) is 0 Å². The molecule has 2 fully saturated rings. The third-order valence-electron chi connectivity index (χ3n) is 6.35. The topological polar surface area (TPSA) is 97.6 Å². The Bertz CT molecular complexity index is 1360. The van der Waals surface area contributed by atoms with E-state index in [1.807, 2.05) is 72.5 Å². The molecule has 2 bridgehead atoms. The summed E-state index contributed by atoms with van der Waals surface area (Å²) >= 11 is 2.04. The average molecular weight is 609 g/mol. The number of carbonyl (C=O) groups is 1. The van der Waals surface area contributed by atoms with Crippen molar-refractivity contribution in [2.45, 2.75) is 57.1 Å². The highest BCUT2D eigenvalue weighted by Gasteiger charge is 2.45. The second-order valence-electron chi connectivity index (χ2n) is 10.1. The van der Waals surface area contributed by atoms with Crippen molar-refractivity contribution in [1.29, 1.82) is 0 Å². The van der Waals surface area contributed by atoms with Gasteiger partial charge in [0, 0.05) is 13.1 Å². The van der Waals surface area contributed by atoms with Crippen LogP contribution in [0.2, 0.25) is 0 Å². The smallest absolute Gasteiger partial charge is 0.410 e.